The Bertz CT molecular complexity index is 620. The summed E-state index contributed by atoms with van der Waals surface area (Å²) in [6.45, 7) is 3.55. The molecule has 0 spiro atoms. The molecule has 0 aliphatic heterocycles. The van der Waals surface area contributed by atoms with Gasteiger partial charge in [-0.2, -0.15) is 0 Å². The van der Waals surface area contributed by atoms with Gasteiger partial charge in [-0.25, -0.2) is 0 Å². The third-order valence-electron chi connectivity index (χ3n) is 3.15. The maximum atomic E-state index is 12.0. The van der Waals surface area contributed by atoms with E-state index in [2.05, 4.69) is 5.32 Å². The summed E-state index contributed by atoms with van der Waals surface area (Å²) in [5.74, 6) is -0.687. The molecule has 0 bridgehead atoms. The van der Waals surface area contributed by atoms with Gasteiger partial charge >= 0.3 is 5.97 Å². The first-order valence-corrected chi connectivity index (χ1v) is 8.02. The van der Waals surface area contributed by atoms with E-state index in [1.54, 1.807) is 18.3 Å². The second-order valence-electron chi connectivity index (χ2n) is 5.07. The molecule has 0 radical (unpaired) electrons. The Morgan fingerprint density at radius 2 is 1.95 bits per heavy atom. The standard InChI is InChI=1S/C17H19NO3S/c1-12-5-7-14(8-6-12)18-17(20)13(2)21-16(19)10-9-15-4-3-11-22-15/h3-8,11,13H,9-10H2,1-2H3,(H,18,20)/t13-/m1/s1. The summed E-state index contributed by atoms with van der Waals surface area (Å²) >= 11 is 1.61. The number of benzene rings is 1. The zero-order chi connectivity index (χ0) is 15.9. The molecule has 1 atom stereocenters. The Hall–Kier alpha value is -2.14. The van der Waals surface area contributed by atoms with Gasteiger partial charge in [0.2, 0.25) is 0 Å². The van der Waals surface area contributed by atoms with E-state index in [1.165, 1.54) is 0 Å². The number of carbonyl (C=O) groups excluding carboxylic acids is 2. The predicted octanol–water partition coefficient (Wildman–Crippen LogP) is 3.56. The van der Waals surface area contributed by atoms with Crippen LogP contribution in [0.4, 0.5) is 5.69 Å². The second-order valence-corrected chi connectivity index (χ2v) is 6.10. The van der Waals surface area contributed by atoms with Gasteiger partial charge in [0.05, 0.1) is 6.42 Å². The molecule has 2 rings (SSSR count). The molecule has 116 valence electrons. The van der Waals surface area contributed by atoms with Crippen LogP contribution in [0.1, 0.15) is 23.8 Å². The fourth-order valence-corrected chi connectivity index (χ4v) is 2.58. The SMILES string of the molecule is Cc1ccc(NC(=O)[C@@H](C)OC(=O)CCc2cccs2)cc1. The molecule has 1 aromatic heterocycles. The fraction of sp³-hybridized carbons (Fsp3) is 0.294. The lowest BCUT2D eigenvalue weighted by Gasteiger charge is -2.13. The monoisotopic (exact) mass is 317 g/mol. The molecule has 1 aromatic carbocycles. The van der Waals surface area contributed by atoms with Crippen molar-refractivity contribution in [3.8, 4) is 0 Å². The average Bonchev–Trinajstić information content (AvgIpc) is 3.01. The van der Waals surface area contributed by atoms with Crippen LogP contribution >= 0.6 is 11.3 Å². The van der Waals surface area contributed by atoms with E-state index < -0.39 is 6.10 Å². The van der Waals surface area contributed by atoms with E-state index in [-0.39, 0.29) is 18.3 Å². The van der Waals surface area contributed by atoms with Crippen molar-refractivity contribution in [3.05, 3.63) is 52.2 Å². The van der Waals surface area contributed by atoms with Crippen LogP contribution in [-0.2, 0) is 20.7 Å². The number of carbonyl (C=O) groups is 2. The molecule has 5 heteroatoms. The van der Waals surface area contributed by atoms with Gasteiger partial charge in [0.15, 0.2) is 6.10 Å². The van der Waals surface area contributed by atoms with E-state index in [1.807, 2.05) is 48.7 Å². The molecule has 0 aliphatic rings. The van der Waals surface area contributed by atoms with Crippen molar-refractivity contribution in [3.63, 3.8) is 0 Å². The molecule has 0 saturated carbocycles. The van der Waals surface area contributed by atoms with Crippen LogP contribution in [0.15, 0.2) is 41.8 Å². The van der Waals surface area contributed by atoms with E-state index in [4.69, 9.17) is 4.74 Å². The molecule has 1 amide bonds. The summed E-state index contributed by atoms with van der Waals surface area (Å²) in [6.07, 6.45) is 0.114. The van der Waals surface area contributed by atoms with E-state index in [0.717, 1.165) is 10.4 Å². The van der Waals surface area contributed by atoms with E-state index >= 15 is 0 Å². The van der Waals surface area contributed by atoms with Crippen molar-refractivity contribution in [1.82, 2.24) is 0 Å². The Morgan fingerprint density at radius 3 is 2.59 bits per heavy atom. The lowest BCUT2D eigenvalue weighted by atomic mass is 10.2. The third-order valence-corrected chi connectivity index (χ3v) is 4.09. The van der Waals surface area contributed by atoms with E-state index in [0.29, 0.717) is 12.1 Å². The highest BCUT2D eigenvalue weighted by Crippen LogP contribution is 2.12. The Kier molecular flexibility index (Phi) is 5.72. The van der Waals surface area contributed by atoms with Gasteiger partial charge in [-0.1, -0.05) is 23.8 Å². The predicted molar refractivity (Wildman–Crippen MR) is 88.0 cm³/mol. The van der Waals surface area contributed by atoms with Crippen molar-refractivity contribution in [2.75, 3.05) is 5.32 Å². The summed E-state index contributed by atoms with van der Waals surface area (Å²) in [4.78, 5) is 24.9. The normalized spacial score (nSPS) is 11.7. The topological polar surface area (TPSA) is 55.4 Å². The van der Waals surface area contributed by atoms with Crippen LogP contribution in [0.2, 0.25) is 0 Å². The van der Waals surface area contributed by atoms with Crippen molar-refractivity contribution in [2.45, 2.75) is 32.8 Å². The number of hydrogen-bond acceptors (Lipinski definition) is 4. The van der Waals surface area contributed by atoms with Crippen molar-refractivity contribution in [2.24, 2.45) is 0 Å². The summed E-state index contributed by atoms with van der Waals surface area (Å²) in [5.41, 5.74) is 1.81. The zero-order valence-electron chi connectivity index (χ0n) is 12.7. The van der Waals surface area contributed by atoms with E-state index in [9.17, 15) is 9.59 Å². The minimum absolute atomic E-state index is 0.280. The first-order valence-electron chi connectivity index (χ1n) is 7.14. The number of amides is 1. The molecular formula is C17H19NO3S. The Labute approximate surface area is 134 Å². The van der Waals surface area contributed by atoms with Crippen molar-refractivity contribution >= 4 is 28.9 Å². The molecule has 0 aliphatic carbocycles. The Balaban J connectivity index is 1.77. The lowest BCUT2D eigenvalue weighted by Crippen LogP contribution is -2.30. The maximum Gasteiger partial charge on any atom is 0.306 e. The Morgan fingerprint density at radius 1 is 1.23 bits per heavy atom. The highest BCUT2D eigenvalue weighted by molar-refractivity contribution is 7.09. The van der Waals surface area contributed by atoms with Gasteiger partial charge < -0.3 is 10.1 Å². The number of thiophene rings is 1. The number of ether oxygens (including phenoxy) is 1. The first kappa shape index (κ1) is 16.2. The molecule has 1 N–H and O–H groups in total. The number of aryl methyl sites for hydroxylation is 2. The largest absolute Gasteiger partial charge is 0.453 e. The minimum Gasteiger partial charge on any atom is -0.453 e. The summed E-state index contributed by atoms with van der Waals surface area (Å²) in [6, 6.07) is 11.4. The molecule has 0 fully saturated rings. The van der Waals surface area contributed by atoms with Crippen LogP contribution in [0, 0.1) is 6.92 Å². The van der Waals surface area contributed by atoms with Crippen LogP contribution in [0.25, 0.3) is 0 Å². The second kappa shape index (κ2) is 7.75. The van der Waals surface area contributed by atoms with Crippen LogP contribution in [0.3, 0.4) is 0 Å². The number of rotatable bonds is 6. The summed E-state index contributed by atoms with van der Waals surface area (Å²) in [5, 5.41) is 4.70. The molecule has 2 aromatic rings. The number of esters is 1. The number of nitrogens with one attached hydrogen (secondary N) is 1. The molecule has 0 saturated heterocycles. The fourth-order valence-electron chi connectivity index (χ4n) is 1.87. The molecule has 0 unspecified atom stereocenters. The average molecular weight is 317 g/mol. The number of hydrogen-bond donors (Lipinski definition) is 1. The van der Waals surface area contributed by atoms with Crippen LogP contribution < -0.4 is 5.32 Å². The maximum absolute atomic E-state index is 12.0. The highest BCUT2D eigenvalue weighted by Gasteiger charge is 2.17. The van der Waals surface area contributed by atoms with Gasteiger partial charge in [-0.3, -0.25) is 9.59 Å². The first-order chi connectivity index (χ1) is 10.5. The minimum atomic E-state index is -0.808. The van der Waals surface area contributed by atoms with Crippen molar-refractivity contribution in [1.29, 1.82) is 0 Å². The van der Waals surface area contributed by atoms with Crippen LogP contribution in [-0.4, -0.2) is 18.0 Å². The summed E-state index contributed by atoms with van der Waals surface area (Å²) < 4.78 is 5.16. The quantitative estimate of drug-likeness (QED) is 0.829. The van der Waals surface area contributed by atoms with Gasteiger partial charge in [0.25, 0.3) is 5.91 Å². The smallest absolute Gasteiger partial charge is 0.306 e. The lowest BCUT2D eigenvalue weighted by molar-refractivity contribution is -0.153. The zero-order valence-corrected chi connectivity index (χ0v) is 13.5. The van der Waals surface area contributed by atoms with Gasteiger partial charge in [-0.05, 0) is 43.8 Å². The molecular weight excluding hydrogens is 298 g/mol. The number of anilines is 1. The molecule has 1 heterocycles. The van der Waals surface area contributed by atoms with Gasteiger partial charge in [0.1, 0.15) is 0 Å². The van der Waals surface area contributed by atoms with Crippen LogP contribution in [0.5, 0.6) is 0 Å². The summed E-state index contributed by atoms with van der Waals surface area (Å²) in [7, 11) is 0. The molecule has 4 nitrogen and oxygen atoms in total. The van der Waals surface area contributed by atoms with Gasteiger partial charge in [-0.15, -0.1) is 11.3 Å². The highest BCUT2D eigenvalue weighted by atomic mass is 32.1. The third kappa shape index (κ3) is 5.00. The molecule has 22 heavy (non-hydrogen) atoms. The van der Waals surface area contributed by atoms with Gasteiger partial charge in [0, 0.05) is 10.6 Å². The van der Waals surface area contributed by atoms with Crippen molar-refractivity contribution < 1.29 is 14.3 Å².